The van der Waals surface area contributed by atoms with Crippen molar-refractivity contribution in [3.05, 3.63) is 94.6 Å². The lowest BCUT2D eigenvalue weighted by atomic mass is 9.68. The summed E-state index contributed by atoms with van der Waals surface area (Å²) in [6.07, 6.45) is 21.8. The highest BCUT2D eigenvalue weighted by Gasteiger charge is 2.59. The van der Waals surface area contributed by atoms with E-state index in [1.165, 1.54) is 27.9 Å². The van der Waals surface area contributed by atoms with Crippen molar-refractivity contribution in [3.63, 3.8) is 0 Å². The minimum absolute atomic E-state index is 0.00602. The lowest BCUT2D eigenvalue weighted by molar-refractivity contribution is -0.148. The number of hydrogen-bond donors (Lipinski definition) is 6. The molecular formula is C60H78N10O4. The summed E-state index contributed by atoms with van der Waals surface area (Å²) in [5.74, 6) is 4.09. The summed E-state index contributed by atoms with van der Waals surface area (Å²) in [6, 6.07) is 11.5. The fraction of sp³-hybridized carbons (Fsp3) is 0.567. The number of benzene rings is 2. The van der Waals surface area contributed by atoms with Crippen LogP contribution in [0.2, 0.25) is 0 Å². The smallest absolute Gasteiger partial charge is 0.315 e. The molecule has 74 heavy (non-hydrogen) atoms. The molecular weight excluding hydrogens is 925 g/mol. The first-order valence-electron chi connectivity index (χ1n) is 28.1. The van der Waals surface area contributed by atoms with Crippen molar-refractivity contribution < 1.29 is 19.2 Å². The first-order valence-corrected chi connectivity index (χ1v) is 28.1. The third-order valence-electron chi connectivity index (χ3n) is 19.4. The van der Waals surface area contributed by atoms with Gasteiger partial charge in [-0.1, -0.05) is 82.5 Å². The van der Waals surface area contributed by atoms with Gasteiger partial charge in [0, 0.05) is 26.2 Å². The zero-order valence-corrected chi connectivity index (χ0v) is 44.8. The number of piperidine rings is 2. The van der Waals surface area contributed by atoms with Crippen molar-refractivity contribution in [2.45, 2.75) is 155 Å². The highest BCUT2D eigenvalue weighted by atomic mass is 16.2. The number of hydrogen-bond acceptors (Lipinski definition) is 6. The number of amides is 6. The summed E-state index contributed by atoms with van der Waals surface area (Å²) >= 11 is 0. The van der Waals surface area contributed by atoms with Crippen molar-refractivity contribution in [2.75, 3.05) is 14.1 Å². The molecule has 0 spiro atoms. The summed E-state index contributed by atoms with van der Waals surface area (Å²) in [5.41, 5.74) is 11.2. The molecule has 2 saturated carbocycles. The monoisotopic (exact) mass is 1000 g/mol. The molecule has 14 atom stereocenters. The molecule has 0 radical (unpaired) electrons. The molecule has 392 valence electrons. The summed E-state index contributed by atoms with van der Waals surface area (Å²) in [4.78, 5) is 75.9. The van der Waals surface area contributed by atoms with Crippen molar-refractivity contribution in [1.29, 1.82) is 0 Å². The average Bonchev–Trinajstić information content (AvgIpc) is 4.25. The second-order valence-corrected chi connectivity index (χ2v) is 23.4. The Kier molecular flexibility index (Phi) is 13.6. The predicted molar refractivity (Wildman–Crippen MR) is 291 cm³/mol. The van der Waals surface area contributed by atoms with E-state index in [0.717, 1.165) is 116 Å². The molecule has 11 rings (SSSR count). The van der Waals surface area contributed by atoms with E-state index in [9.17, 15) is 19.2 Å². The van der Waals surface area contributed by atoms with Gasteiger partial charge in [-0.15, -0.1) is 0 Å². The van der Waals surface area contributed by atoms with Crippen LogP contribution in [0.1, 0.15) is 153 Å². The molecule has 4 aromatic rings. The third kappa shape index (κ3) is 8.85. The molecule has 0 bridgehead atoms. The van der Waals surface area contributed by atoms with E-state index < -0.39 is 12.1 Å². The number of aromatic amines is 2. The van der Waals surface area contributed by atoms with Crippen LogP contribution in [0.25, 0.3) is 33.2 Å². The minimum atomic E-state index is -0.559. The molecule has 6 heterocycles. The maximum Gasteiger partial charge on any atom is 0.315 e. The zero-order chi connectivity index (χ0) is 51.7. The van der Waals surface area contributed by atoms with Crippen LogP contribution in [0.4, 0.5) is 9.59 Å². The number of nitrogens with one attached hydrogen (secondary N) is 6. The standard InChI is InChI=1S/C60H78N10O4/c1-9-36-19-21-37(33(4)38-22-24-45-47(27-38)65-55(63-45)49-29-40-12-10-14-42-34(5)51(67-59(73)61-7)57(71)69(49)53(40)42)20-17-31(2)16-18-32(3)44(26-36)39-23-25-46-48(28-39)66-56(64-46)50-30-41-13-11-15-43-35(6)52(68-60(74)62-8)58(72)70(50)54(41)43/h9,17,20,22-28,31-32,34-35,40-43,49-54H,10-16,18-19,21,29-30H2,1-8H3,(H,63,65)(H,64,66)(H2,61,67,73)(H2,62,68,74)/b20-17-,36-9-,37-33-,44-26+/t31-,32-,34?,35?,40+,41+,42?,43?,49+,50+,51+,52+,53-,54-/m1/s1. The molecule has 3 aliphatic carbocycles. The lowest BCUT2D eigenvalue weighted by Crippen LogP contribution is -2.64. The van der Waals surface area contributed by atoms with Gasteiger partial charge in [-0.2, -0.15) is 0 Å². The van der Waals surface area contributed by atoms with E-state index in [1.807, 2.05) is 0 Å². The number of carbonyl (C=O) groups is 4. The minimum Gasteiger partial charge on any atom is -0.341 e. The van der Waals surface area contributed by atoms with Crippen LogP contribution in [-0.4, -0.2) is 91.9 Å². The first kappa shape index (κ1) is 50.0. The van der Waals surface area contributed by atoms with Crippen LogP contribution in [0.15, 0.2) is 71.8 Å². The molecule has 14 heteroatoms. The van der Waals surface area contributed by atoms with E-state index >= 15 is 0 Å². The average molecular weight is 1000 g/mol. The second kappa shape index (κ2) is 20.2. The summed E-state index contributed by atoms with van der Waals surface area (Å²) in [5, 5.41) is 11.3. The van der Waals surface area contributed by atoms with Gasteiger partial charge < -0.3 is 41.0 Å². The molecule has 4 aliphatic heterocycles. The maximum atomic E-state index is 14.4. The van der Waals surface area contributed by atoms with Gasteiger partial charge in [0.15, 0.2) is 0 Å². The molecule has 2 aromatic carbocycles. The summed E-state index contributed by atoms with van der Waals surface area (Å²) in [6.45, 7) is 13.4. The number of carbonyl (C=O) groups excluding carboxylic acids is 4. The van der Waals surface area contributed by atoms with E-state index in [4.69, 9.17) is 9.97 Å². The molecule has 14 nitrogen and oxygen atoms in total. The SMILES string of the molecule is C/C=C1\C=C(\c2ccc3[nH]c([C@@H]4C[C@@H]5CCCC6C(C)[C@H](NC(=O)NC)C(=O)N4[C@@H]65)nc3c2)[C@H](C)CC[C@@H](C)/C=C\C(=C(/C)c2ccc3[nH]c([C@@H]4C[C@@H]5CCCC6C(C)[C@H](NC(=O)NC)C(=O)N4[C@@H]65)nc3c2)CC1. The predicted octanol–water partition coefficient (Wildman–Crippen LogP) is 10.7. The van der Waals surface area contributed by atoms with Crippen LogP contribution >= 0.6 is 0 Å². The van der Waals surface area contributed by atoms with Gasteiger partial charge in [0.2, 0.25) is 11.8 Å². The largest absolute Gasteiger partial charge is 0.341 e. The number of imidazole rings is 2. The van der Waals surface area contributed by atoms with Crippen LogP contribution in [0, 0.1) is 47.3 Å². The van der Waals surface area contributed by atoms with Crippen molar-refractivity contribution in [1.82, 2.24) is 51.0 Å². The molecule has 7 aliphatic rings. The first-order chi connectivity index (χ1) is 35.7. The van der Waals surface area contributed by atoms with Gasteiger partial charge in [0.25, 0.3) is 0 Å². The molecule has 2 aromatic heterocycles. The fourth-order valence-corrected chi connectivity index (χ4v) is 15.2. The molecule has 4 unspecified atom stereocenters. The van der Waals surface area contributed by atoms with E-state index in [1.54, 1.807) is 14.1 Å². The zero-order valence-electron chi connectivity index (χ0n) is 44.8. The number of allylic oxidation sites excluding steroid dienone is 8. The highest BCUT2D eigenvalue weighted by Crippen LogP contribution is 2.55. The Morgan fingerprint density at radius 1 is 0.703 bits per heavy atom. The van der Waals surface area contributed by atoms with E-state index in [0.29, 0.717) is 35.5 Å². The van der Waals surface area contributed by atoms with Crippen molar-refractivity contribution >= 4 is 57.1 Å². The van der Waals surface area contributed by atoms with Gasteiger partial charge >= 0.3 is 12.1 Å². The van der Waals surface area contributed by atoms with Crippen LogP contribution in [-0.2, 0) is 9.59 Å². The Bertz CT molecular complexity index is 2980. The quantitative estimate of drug-likeness (QED) is 0.112. The molecule has 6 amide bonds. The van der Waals surface area contributed by atoms with E-state index in [-0.39, 0.29) is 59.9 Å². The second-order valence-electron chi connectivity index (χ2n) is 23.4. The Labute approximate surface area is 436 Å². The molecule has 4 saturated heterocycles. The number of H-pyrrole nitrogens is 2. The number of nitrogens with zero attached hydrogens (tertiary/aromatic N) is 4. The summed E-state index contributed by atoms with van der Waals surface area (Å²) < 4.78 is 0. The van der Waals surface area contributed by atoms with Gasteiger partial charge in [0.05, 0.1) is 34.2 Å². The number of fused-ring (bicyclic) bond motifs is 2. The Balaban J connectivity index is 0.847. The van der Waals surface area contributed by atoms with Crippen LogP contribution in [0.5, 0.6) is 0 Å². The van der Waals surface area contributed by atoms with E-state index in [2.05, 4.69) is 143 Å². The van der Waals surface area contributed by atoms with Gasteiger partial charge in [-0.25, -0.2) is 19.6 Å². The lowest BCUT2D eigenvalue weighted by Gasteiger charge is -2.49. The van der Waals surface area contributed by atoms with Crippen LogP contribution in [0.3, 0.4) is 0 Å². The normalized spacial score (nSPS) is 35.6. The Hall–Kier alpha value is -6.18. The van der Waals surface area contributed by atoms with Gasteiger partial charge in [0.1, 0.15) is 23.7 Å². The molecule has 6 N–H and O–H groups in total. The molecule has 6 fully saturated rings. The van der Waals surface area contributed by atoms with Crippen molar-refractivity contribution in [2.24, 2.45) is 47.3 Å². The van der Waals surface area contributed by atoms with Gasteiger partial charge in [-0.3, -0.25) is 9.59 Å². The fourth-order valence-electron chi connectivity index (χ4n) is 15.2. The van der Waals surface area contributed by atoms with Crippen LogP contribution < -0.4 is 21.3 Å². The number of rotatable bonds is 6. The number of aromatic nitrogens is 4. The maximum absolute atomic E-state index is 14.4. The Morgan fingerprint density at radius 2 is 1.26 bits per heavy atom. The van der Waals surface area contributed by atoms with Gasteiger partial charge in [-0.05, 0) is 178 Å². The van der Waals surface area contributed by atoms with Crippen molar-refractivity contribution in [3.8, 4) is 0 Å². The number of urea groups is 2. The third-order valence-corrected chi connectivity index (χ3v) is 19.4. The summed E-state index contributed by atoms with van der Waals surface area (Å²) in [7, 11) is 3.19. The highest BCUT2D eigenvalue weighted by molar-refractivity contribution is 5.90. The Morgan fingerprint density at radius 3 is 1.81 bits per heavy atom. The topological polar surface area (TPSA) is 180 Å².